The summed E-state index contributed by atoms with van der Waals surface area (Å²) in [6.45, 7) is 4.17. The maximum Gasteiger partial charge on any atom is 0.328 e. The largest absolute Gasteiger partial charge is 0.466 e. The van der Waals surface area contributed by atoms with E-state index in [4.69, 9.17) is 15.9 Å². The van der Waals surface area contributed by atoms with Crippen LogP contribution in [0.2, 0.25) is 0 Å². The summed E-state index contributed by atoms with van der Waals surface area (Å²) in [6, 6.07) is 2.45. The van der Waals surface area contributed by atoms with Crippen LogP contribution in [0, 0.1) is 12.3 Å². The Morgan fingerprint density at radius 2 is 1.96 bits per heavy atom. The zero-order valence-electron chi connectivity index (χ0n) is 14.3. The van der Waals surface area contributed by atoms with Crippen LogP contribution in [-0.4, -0.2) is 43.6 Å². The van der Waals surface area contributed by atoms with Crippen molar-refractivity contribution in [1.82, 2.24) is 5.32 Å². The first-order valence-corrected chi connectivity index (χ1v) is 8.73. The van der Waals surface area contributed by atoms with E-state index in [1.807, 2.05) is 0 Å². The van der Waals surface area contributed by atoms with Crippen LogP contribution in [0.5, 0.6) is 0 Å². The molecule has 0 radical (unpaired) electrons. The number of anilines is 1. The van der Waals surface area contributed by atoms with Gasteiger partial charge in [0.1, 0.15) is 6.04 Å². The minimum atomic E-state index is -0.916. The molecule has 1 atom stereocenters. The molecule has 0 aliphatic rings. The summed E-state index contributed by atoms with van der Waals surface area (Å²) < 4.78 is 9.79. The van der Waals surface area contributed by atoms with Crippen LogP contribution in [0.25, 0.3) is 0 Å². The van der Waals surface area contributed by atoms with Gasteiger partial charge in [0.05, 0.1) is 29.6 Å². The molecule has 1 aromatic heterocycles. The minimum absolute atomic E-state index is 0.0109. The summed E-state index contributed by atoms with van der Waals surface area (Å²) >= 11 is 1.22. The highest BCUT2D eigenvalue weighted by atomic mass is 32.1. The highest BCUT2D eigenvalue weighted by Gasteiger charge is 2.24. The summed E-state index contributed by atoms with van der Waals surface area (Å²) in [5, 5.41) is 6.33. The van der Waals surface area contributed by atoms with Gasteiger partial charge in [-0.05, 0) is 32.4 Å². The molecule has 0 bridgehead atoms. The Labute approximate surface area is 151 Å². The van der Waals surface area contributed by atoms with E-state index in [0.717, 1.165) is 5.00 Å². The van der Waals surface area contributed by atoms with Crippen molar-refractivity contribution in [3.05, 3.63) is 17.0 Å². The first kappa shape index (κ1) is 20.5. The average Bonchev–Trinajstić information content (AvgIpc) is 3.06. The van der Waals surface area contributed by atoms with Crippen LogP contribution in [-0.2, 0) is 19.1 Å². The number of carbonyl (C=O) groups excluding carboxylic acids is 3. The quantitative estimate of drug-likeness (QED) is 0.484. The third-order valence-corrected chi connectivity index (χ3v) is 4.06. The topological polar surface area (TPSA) is 93.7 Å². The highest BCUT2D eigenvalue weighted by Crippen LogP contribution is 2.21. The number of amides is 1. The Hall–Kier alpha value is -2.53. The number of rotatable bonds is 10. The molecule has 1 rings (SSSR count). The Balaban J connectivity index is 2.70. The third-order valence-electron chi connectivity index (χ3n) is 3.01. The van der Waals surface area contributed by atoms with Gasteiger partial charge in [0.15, 0.2) is 0 Å². The normalized spacial score (nSPS) is 11.1. The number of hydrogen-bond donors (Lipinski definition) is 2. The number of esters is 2. The number of hydrogen-bond acceptors (Lipinski definition) is 7. The van der Waals surface area contributed by atoms with Gasteiger partial charge < -0.3 is 20.1 Å². The molecule has 7 nitrogen and oxygen atoms in total. The zero-order valence-corrected chi connectivity index (χ0v) is 15.1. The van der Waals surface area contributed by atoms with Gasteiger partial charge in [-0.1, -0.05) is 5.92 Å². The van der Waals surface area contributed by atoms with E-state index in [0.29, 0.717) is 11.4 Å². The van der Waals surface area contributed by atoms with Gasteiger partial charge >= 0.3 is 11.9 Å². The number of nitrogens with one attached hydrogen (secondary N) is 2. The number of terminal acetylenes is 1. The van der Waals surface area contributed by atoms with Gasteiger partial charge in [0.2, 0.25) is 0 Å². The molecule has 0 fully saturated rings. The summed E-state index contributed by atoms with van der Waals surface area (Å²) in [6.07, 6.45) is 5.29. The summed E-state index contributed by atoms with van der Waals surface area (Å²) in [7, 11) is 0. The van der Waals surface area contributed by atoms with E-state index >= 15 is 0 Å². The first-order chi connectivity index (χ1) is 12.0. The summed E-state index contributed by atoms with van der Waals surface area (Å²) in [5.41, 5.74) is 0. The molecule has 0 aliphatic heterocycles. The van der Waals surface area contributed by atoms with Crippen molar-refractivity contribution >= 4 is 34.2 Å². The van der Waals surface area contributed by atoms with Gasteiger partial charge in [-0.3, -0.25) is 9.59 Å². The lowest BCUT2D eigenvalue weighted by Gasteiger charge is -2.16. The second-order valence-corrected chi connectivity index (χ2v) is 5.93. The van der Waals surface area contributed by atoms with Gasteiger partial charge in [0.25, 0.3) is 5.91 Å². The molecule has 0 unspecified atom stereocenters. The number of thiophene rings is 1. The van der Waals surface area contributed by atoms with Crippen LogP contribution in [0.4, 0.5) is 5.00 Å². The molecule has 8 heteroatoms. The fourth-order valence-electron chi connectivity index (χ4n) is 1.91. The zero-order chi connectivity index (χ0) is 18.7. The van der Waals surface area contributed by atoms with E-state index in [2.05, 4.69) is 16.6 Å². The van der Waals surface area contributed by atoms with Crippen molar-refractivity contribution in [2.24, 2.45) is 0 Å². The van der Waals surface area contributed by atoms with Crippen LogP contribution in [0.3, 0.4) is 0 Å². The molecule has 1 heterocycles. The van der Waals surface area contributed by atoms with Crippen molar-refractivity contribution in [2.45, 2.75) is 32.7 Å². The lowest BCUT2D eigenvalue weighted by Crippen LogP contribution is -2.42. The second kappa shape index (κ2) is 11.1. The molecule has 1 amide bonds. The minimum Gasteiger partial charge on any atom is -0.466 e. The molecule has 25 heavy (non-hydrogen) atoms. The van der Waals surface area contributed by atoms with Crippen molar-refractivity contribution in [3.63, 3.8) is 0 Å². The van der Waals surface area contributed by atoms with Crippen LogP contribution >= 0.6 is 11.3 Å². The van der Waals surface area contributed by atoms with E-state index in [-0.39, 0.29) is 26.1 Å². The third kappa shape index (κ3) is 7.27. The summed E-state index contributed by atoms with van der Waals surface area (Å²) in [5.74, 6) is 1.02. The van der Waals surface area contributed by atoms with Gasteiger partial charge in [0, 0.05) is 6.42 Å². The van der Waals surface area contributed by atoms with Crippen LogP contribution < -0.4 is 10.6 Å². The van der Waals surface area contributed by atoms with Crippen molar-refractivity contribution in [1.29, 1.82) is 0 Å². The first-order valence-electron chi connectivity index (χ1n) is 7.92. The van der Waals surface area contributed by atoms with Crippen molar-refractivity contribution in [3.8, 4) is 12.3 Å². The Kier molecular flexibility index (Phi) is 9.11. The number of ether oxygens (including phenoxy) is 2. The lowest BCUT2D eigenvalue weighted by atomic mass is 10.1. The molecule has 1 aromatic rings. The Morgan fingerprint density at radius 1 is 1.24 bits per heavy atom. The molecular weight excluding hydrogens is 344 g/mol. The molecule has 0 spiro atoms. The van der Waals surface area contributed by atoms with E-state index in [9.17, 15) is 14.4 Å². The van der Waals surface area contributed by atoms with E-state index in [1.54, 1.807) is 26.0 Å². The molecule has 136 valence electrons. The Morgan fingerprint density at radius 3 is 2.60 bits per heavy atom. The predicted octanol–water partition coefficient (Wildman–Crippen LogP) is 1.80. The smallest absolute Gasteiger partial charge is 0.328 e. The Bertz CT molecular complexity index is 635. The summed E-state index contributed by atoms with van der Waals surface area (Å²) in [4.78, 5) is 36.2. The van der Waals surface area contributed by atoms with Crippen LogP contribution in [0.15, 0.2) is 12.1 Å². The van der Waals surface area contributed by atoms with Crippen molar-refractivity contribution in [2.75, 3.05) is 25.1 Å². The van der Waals surface area contributed by atoms with Gasteiger partial charge in [-0.2, -0.15) is 0 Å². The molecule has 0 saturated carbocycles. The SMILES string of the molecule is C#CCNc1ccc(C(=O)N[C@H](CCC(=O)OCC)C(=O)OCC)s1. The second-order valence-electron chi connectivity index (χ2n) is 4.84. The fourth-order valence-corrected chi connectivity index (χ4v) is 2.71. The molecule has 0 aromatic carbocycles. The number of carbonyl (C=O) groups is 3. The van der Waals surface area contributed by atoms with Gasteiger partial charge in [-0.25, -0.2) is 4.79 Å². The molecule has 0 aliphatic carbocycles. The van der Waals surface area contributed by atoms with E-state index < -0.39 is 23.9 Å². The maximum atomic E-state index is 12.3. The monoisotopic (exact) mass is 366 g/mol. The van der Waals surface area contributed by atoms with Crippen LogP contribution in [0.1, 0.15) is 36.4 Å². The maximum absolute atomic E-state index is 12.3. The molecular formula is C17H22N2O5S. The van der Waals surface area contributed by atoms with Gasteiger partial charge in [-0.15, -0.1) is 17.8 Å². The van der Waals surface area contributed by atoms with E-state index in [1.165, 1.54) is 11.3 Å². The molecule has 2 N–H and O–H groups in total. The average molecular weight is 366 g/mol. The molecule has 0 saturated heterocycles. The van der Waals surface area contributed by atoms with Crippen molar-refractivity contribution < 1.29 is 23.9 Å². The fraction of sp³-hybridized carbons (Fsp3) is 0.471. The highest BCUT2D eigenvalue weighted by molar-refractivity contribution is 7.17. The predicted molar refractivity (Wildman–Crippen MR) is 95.4 cm³/mol. The lowest BCUT2D eigenvalue weighted by molar-refractivity contribution is -0.146. The standard InChI is InChI=1S/C17H22N2O5S/c1-4-11-18-14-9-8-13(25-14)16(21)19-12(17(22)24-6-3)7-10-15(20)23-5-2/h1,8-9,12,18H,5-7,10-11H2,2-3H3,(H,19,21)/t12-/m1/s1.